The molecule has 0 amide bonds. The lowest BCUT2D eigenvalue weighted by atomic mass is 10.0. The van der Waals surface area contributed by atoms with Crippen molar-refractivity contribution in [3.63, 3.8) is 0 Å². The van der Waals surface area contributed by atoms with Gasteiger partial charge in [-0.15, -0.1) is 0 Å². The normalized spacial score (nSPS) is 14.0. The molecule has 0 radical (unpaired) electrons. The number of benzene rings is 2. The predicted molar refractivity (Wildman–Crippen MR) is 90.7 cm³/mol. The van der Waals surface area contributed by atoms with E-state index in [-0.39, 0.29) is 13.0 Å². The van der Waals surface area contributed by atoms with E-state index in [0.717, 1.165) is 17.7 Å². The number of nitrogens with zero attached hydrogens (tertiary/aromatic N) is 1. The minimum Gasteiger partial charge on any atom is -0.392 e. The van der Waals surface area contributed by atoms with Gasteiger partial charge in [0.25, 0.3) is 0 Å². The van der Waals surface area contributed by atoms with Gasteiger partial charge in [0.15, 0.2) is 0 Å². The number of likely N-dealkylation sites (N-methyl/N-ethyl adjacent to an activating group) is 1. The molecule has 3 N–H and O–H groups in total. The highest BCUT2D eigenvalue weighted by Crippen LogP contribution is 2.19. The second-order valence-electron chi connectivity index (χ2n) is 5.99. The van der Waals surface area contributed by atoms with Crippen LogP contribution in [0.25, 0.3) is 0 Å². The Hall–Kier alpha value is -1.72. The second-order valence-corrected chi connectivity index (χ2v) is 5.99. The van der Waals surface area contributed by atoms with Gasteiger partial charge in [-0.3, -0.25) is 4.90 Å². The van der Waals surface area contributed by atoms with E-state index in [1.54, 1.807) is 24.3 Å². The van der Waals surface area contributed by atoms with E-state index in [9.17, 15) is 10.2 Å². The molecule has 4 heteroatoms. The first-order chi connectivity index (χ1) is 11.1. The van der Waals surface area contributed by atoms with Crippen LogP contribution in [0, 0.1) is 0 Å². The molecule has 124 valence electrons. The van der Waals surface area contributed by atoms with Crippen LogP contribution in [0.2, 0.25) is 0 Å². The fraction of sp³-hybridized carbons (Fsp3) is 0.368. The second kappa shape index (κ2) is 8.79. The quantitative estimate of drug-likeness (QED) is 0.698. The summed E-state index contributed by atoms with van der Waals surface area (Å²) >= 11 is 0. The first-order valence-electron chi connectivity index (χ1n) is 7.86. The molecule has 0 heterocycles. The topological polar surface area (TPSA) is 63.9 Å². The maximum absolute atomic E-state index is 10.2. The lowest BCUT2D eigenvalue weighted by Gasteiger charge is -2.22. The van der Waals surface area contributed by atoms with E-state index in [4.69, 9.17) is 5.11 Å². The molecule has 2 atom stereocenters. The summed E-state index contributed by atoms with van der Waals surface area (Å²) in [4.78, 5) is 2.04. The summed E-state index contributed by atoms with van der Waals surface area (Å²) in [5.74, 6) is 0. The van der Waals surface area contributed by atoms with Crippen molar-refractivity contribution in [3.05, 3.63) is 71.3 Å². The van der Waals surface area contributed by atoms with Gasteiger partial charge < -0.3 is 15.3 Å². The van der Waals surface area contributed by atoms with Crippen molar-refractivity contribution in [2.45, 2.75) is 31.8 Å². The number of hydrogen-bond donors (Lipinski definition) is 3. The van der Waals surface area contributed by atoms with Gasteiger partial charge in [0, 0.05) is 19.5 Å². The van der Waals surface area contributed by atoms with E-state index in [1.165, 1.54) is 5.56 Å². The Morgan fingerprint density at radius 1 is 0.913 bits per heavy atom. The summed E-state index contributed by atoms with van der Waals surface area (Å²) in [7, 11) is 1.96. The molecular weight excluding hydrogens is 290 g/mol. The zero-order valence-corrected chi connectivity index (χ0v) is 13.5. The van der Waals surface area contributed by atoms with Crippen LogP contribution in [0.5, 0.6) is 0 Å². The van der Waals surface area contributed by atoms with Gasteiger partial charge in [-0.2, -0.15) is 0 Å². The summed E-state index contributed by atoms with van der Waals surface area (Å²) in [6, 6.07) is 17.2. The van der Waals surface area contributed by atoms with Crippen molar-refractivity contribution in [1.82, 2.24) is 4.90 Å². The highest BCUT2D eigenvalue weighted by molar-refractivity contribution is 5.23. The fourth-order valence-corrected chi connectivity index (χ4v) is 2.63. The lowest BCUT2D eigenvalue weighted by molar-refractivity contribution is 0.0580. The van der Waals surface area contributed by atoms with E-state index in [1.807, 2.05) is 30.1 Å². The molecule has 0 saturated carbocycles. The smallest absolute Gasteiger partial charge is 0.0815 e. The van der Waals surface area contributed by atoms with Crippen LogP contribution < -0.4 is 0 Å². The summed E-state index contributed by atoms with van der Waals surface area (Å²) in [6.45, 7) is 1.25. The van der Waals surface area contributed by atoms with Gasteiger partial charge in [0.2, 0.25) is 0 Å². The first-order valence-corrected chi connectivity index (χ1v) is 7.86. The van der Waals surface area contributed by atoms with Crippen LogP contribution in [0.4, 0.5) is 0 Å². The molecule has 0 aromatic heterocycles. The minimum absolute atomic E-state index is 0.0106. The average molecular weight is 315 g/mol. The molecule has 0 spiro atoms. The van der Waals surface area contributed by atoms with Gasteiger partial charge in [-0.05, 0) is 23.7 Å². The van der Waals surface area contributed by atoms with Crippen LogP contribution in [-0.4, -0.2) is 39.9 Å². The average Bonchev–Trinajstić information content (AvgIpc) is 2.55. The third kappa shape index (κ3) is 5.77. The number of aliphatic hydroxyl groups is 3. The first kappa shape index (κ1) is 17.6. The number of aliphatic hydroxyl groups excluding tert-OH is 3. The SMILES string of the molecule is CN(Cc1ccccc1)C[C@@H](O)C[C@@H](O)c1ccc(CO)cc1. The van der Waals surface area contributed by atoms with Gasteiger partial charge in [-0.25, -0.2) is 0 Å². The van der Waals surface area contributed by atoms with Crippen molar-refractivity contribution in [3.8, 4) is 0 Å². The molecule has 0 bridgehead atoms. The Morgan fingerprint density at radius 2 is 1.57 bits per heavy atom. The van der Waals surface area contributed by atoms with E-state index in [0.29, 0.717) is 6.54 Å². The van der Waals surface area contributed by atoms with Crippen LogP contribution in [-0.2, 0) is 13.2 Å². The maximum Gasteiger partial charge on any atom is 0.0815 e. The monoisotopic (exact) mass is 315 g/mol. The van der Waals surface area contributed by atoms with Crippen molar-refractivity contribution < 1.29 is 15.3 Å². The van der Waals surface area contributed by atoms with Crippen LogP contribution in [0.1, 0.15) is 29.2 Å². The summed E-state index contributed by atoms with van der Waals surface area (Å²) < 4.78 is 0. The Kier molecular flexibility index (Phi) is 6.74. The zero-order chi connectivity index (χ0) is 16.7. The molecule has 2 aromatic carbocycles. The number of rotatable bonds is 8. The molecule has 0 aliphatic carbocycles. The zero-order valence-electron chi connectivity index (χ0n) is 13.5. The van der Waals surface area contributed by atoms with Gasteiger partial charge >= 0.3 is 0 Å². The molecule has 0 aliphatic rings. The molecule has 0 unspecified atom stereocenters. The predicted octanol–water partition coefficient (Wildman–Crippen LogP) is 2.10. The number of hydrogen-bond acceptors (Lipinski definition) is 4. The van der Waals surface area contributed by atoms with Crippen LogP contribution in [0.15, 0.2) is 54.6 Å². The Bertz CT molecular complexity index is 571. The van der Waals surface area contributed by atoms with Crippen molar-refractivity contribution in [2.75, 3.05) is 13.6 Å². The van der Waals surface area contributed by atoms with Gasteiger partial charge in [-0.1, -0.05) is 54.6 Å². The van der Waals surface area contributed by atoms with E-state index < -0.39 is 12.2 Å². The Morgan fingerprint density at radius 3 is 2.17 bits per heavy atom. The van der Waals surface area contributed by atoms with Crippen molar-refractivity contribution >= 4 is 0 Å². The highest BCUT2D eigenvalue weighted by Gasteiger charge is 2.15. The largest absolute Gasteiger partial charge is 0.392 e. The molecule has 23 heavy (non-hydrogen) atoms. The van der Waals surface area contributed by atoms with Crippen molar-refractivity contribution in [2.24, 2.45) is 0 Å². The standard InChI is InChI=1S/C19H25NO3/c1-20(12-15-5-3-2-4-6-15)13-18(22)11-19(23)17-9-7-16(14-21)8-10-17/h2-10,18-19,21-23H,11-14H2,1H3/t18-,19+/m0/s1. The Labute approximate surface area is 137 Å². The van der Waals surface area contributed by atoms with Crippen LogP contribution >= 0.6 is 0 Å². The van der Waals surface area contributed by atoms with E-state index in [2.05, 4.69) is 12.1 Å². The molecule has 0 aliphatic heterocycles. The van der Waals surface area contributed by atoms with Crippen LogP contribution in [0.3, 0.4) is 0 Å². The van der Waals surface area contributed by atoms with Gasteiger partial charge in [0.1, 0.15) is 0 Å². The summed E-state index contributed by atoms with van der Waals surface area (Å²) in [6.07, 6.45) is -1.02. The molecular formula is C19H25NO3. The van der Waals surface area contributed by atoms with E-state index >= 15 is 0 Å². The molecule has 2 rings (SSSR count). The highest BCUT2D eigenvalue weighted by atomic mass is 16.3. The maximum atomic E-state index is 10.2. The fourth-order valence-electron chi connectivity index (χ4n) is 2.63. The molecule has 4 nitrogen and oxygen atoms in total. The minimum atomic E-state index is -0.706. The van der Waals surface area contributed by atoms with Crippen molar-refractivity contribution in [1.29, 1.82) is 0 Å². The lowest BCUT2D eigenvalue weighted by Crippen LogP contribution is -2.30. The summed E-state index contributed by atoms with van der Waals surface area (Å²) in [5, 5.41) is 29.4. The third-order valence-electron chi connectivity index (χ3n) is 3.86. The third-order valence-corrected chi connectivity index (χ3v) is 3.86. The molecule has 2 aromatic rings. The summed E-state index contributed by atoms with van der Waals surface area (Å²) in [5.41, 5.74) is 2.76. The van der Waals surface area contributed by atoms with Gasteiger partial charge in [0.05, 0.1) is 18.8 Å². The molecule has 0 fully saturated rings. The Balaban J connectivity index is 1.81. The molecule has 0 saturated heterocycles.